The molecule has 0 fully saturated rings. The highest BCUT2D eigenvalue weighted by atomic mass is 35.5. The van der Waals surface area contributed by atoms with Crippen LogP contribution in [0.25, 0.3) is 0 Å². The zero-order valence-corrected chi connectivity index (χ0v) is 25.6. The number of guanidine groups is 1. The standard InChI is InChI=1S/C32H41N3O3S.ClH/c1-21-22(2)30-28(23(3)29(21)36)14-17-32(4,38-30)16-5-6-18-37-26-12-10-24(11-13-26)15-19-39-27-9-7-8-25(20-27)35-31(33)34;/h7-13,20,36H,5-6,14-19H2,1-4H3,(H4,33,34,35);1H. The highest BCUT2D eigenvalue weighted by molar-refractivity contribution is 7.99. The van der Waals surface area contributed by atoms with Crippen LogP contribution in [-0.2, 0) is 12.8 Å². The van der Waals surface area contributed by atoms with E-state index >= 15 is 0 Å². The molecule has 5 N–H and O–H groups in total. The number of fused-ring (bicyclic) bond motifs is 1. The Balaban J connectivity index is 0.00000441. The van der Waals surface area contributed by atoms with Crippen molar-refractivity contribution in [3.8, 4) is 17.2 Å². The van der Waals surface area contributed by atoms with Crippen LogP contribution < -0.4 is 20.5 Å². The number of nitrogens with two attached hydrogens (primary N) is 1. The van der Waals surface area contributed by atoms with Gasteiger partial charge in [-0.25, -0.2) is 0 Å². The van der Waals surface area contributed by atoms with E-state index in [0.29, 0.717) is 12.4 Å². The maximum Gasteiger partial charge on any atom is 0.190 e. The van der Waals surface area contributed by atoms with Gasteiger partial charge in [-0.3, -0.25) is 5.41 Å². The van der Waals surface area contributed by atoms with Crippen molar-refractivity contribution < 1.29 is 14.6 Å². The fourth-order valence-electron chi connectivity index (χ4n) is 5.12. The van der Waals surface area contributed by atoms with E-state index in [1.807, 2.05) is 39.0 Å². The van der Waals surface area contributed by atoms with E-state index in [1.165, 1.54) is 5.56 Å². The third-order valence-corrected chi connectivity index (χ3v) is 8.65. The molecule has 216 valence electrons. The number of unbranched alkanes of at least 4 members (excludes halogenated alkanes) is 1. The number of aryl methyl sites for hydroxylation is 1. The van der Waals surface area contributed by atoms with Crippen molar-refractivity contribution in [2.24, 2.45) is 5.73 Å². The minimum absolute atomic E-state index is 0. The number of ether oxygens (including phenoxy) is 2. The molecular formula is C32H42ClN3O3S. The smallest absolute Gasteiger partial charge is 0.190 e. The van der Waals surface area contributed by atoms with Gasteiger partial charge >= 0.3 is 0 Å². The molecule has 1 aliphatic heterocycles. The third-order valence-electron chi connectivity index (χ3n) is 7.66. The monoisotopic (exact) mass is 583 g/mol. The van der Waals surface area contributed by atoms with Crippen molar-refractivity contribution in [1.29, 1.82) is 5.41 Å². The number of hydrogen-bond acceptors (Lipinski definition) is 5. The van der Waals surface area contributed by atoms with E-state index in [0.717, 1.165) is 88.6 Å². The molecule has 1 unspecified atom stereocenters. The van der Waals surface area contributed by atoms with Gasteiger partial charge in [0.15, 0.2) is 5.96 Å². The molecule has 0 aliphatic carbocycles. The predicted octanol–water partition coefficient (Wildman–Crippen LogP) is 7.71. The number of aromatic hydroxyl groups is 1. The number of benzene rings is 3. The number of phenols is 1. The van der Waals surface area contributed by atoms with Crippen molar-refractivity contribution in [3.63, 3.8) is 0 Å². The molecule has 0 aromatic heterocycles. The van der Waals surface area contributed by atoms with Crippen LogP contribution in [0.4, 0.5) is 5.69 Å². The Bertz CT molecular complexity index is 1320. The van der Waals surface area contributed by atoms with Crippen LogP contribution in [0.3, 0.4) is 0 Å². The summed E-state index contributed by atoms with van der Waals surface area (Å²) >= 11 is 1.79. The van der Waals surface area contributed by atoms with Gasteiger partial charge in [0.1, 0.15) is 22.8 Å². The lowest BCUT2D eigenvalue weighted by Crippen LogP contribution is -2.37. The van der Waals surface area contributed by atoms with Crippen molar-refractivity contribution in [2.45, 2.75) is 76.7 Å². The maximum absolute atomic E-state index is 10.4. The number of hydrogen-bond donors (Lipinski definition) is 4. The first-order valence-corrected chi connectivity index (χ1v) is 14.7. The van der Waals surface area contributed by atoms with E-state index in [9.17, 15) is 5.11 Å². The minimum atomic E-state index is -0.182. The molecule has 0 radical (unpaired) electrons. The molecule has 0 saturated carbocycles. The van der Waals surface area contributed by atoms with Gasteiger partial charge in [-0.15, -0.1) is 24.2 Å². The normalized spacial score (nSPS) is 15.9. The van der Waals surface area contributed by atoms with Crippen molar-refractivity contribution in [2.75, 3.05) is 17.7 Å². The second kappa shape index (κ2) is 14.0. The lowest BCUT2D eigenvalue weighted by atomic mass is 9.85. The summed E-state index contributed by atoms with van der Waals surface area (Å²) in [6.45, 7) is 8.91. The van der Waals surface area contributed by atoms with Crippen LogP contribution in [0.15, 0.2) is 53.4 Å². The van der Waals surface area contributed by atoms with Gasteiger partial charge in [0.05, 0.1) is 6.61 Å². The van der Waals surface area contributed by atoms with Crippen LogP contribution in [0, 0.1) is 26.2 Å². The van der Waals surface area contributed by atoms with Gasteiger partial charge in [-0.2, -0.15) is 0 Å². The lowest BCUT2D eigenvalue weighted by molar-refractivity contribution is 0.0513. The molecular weight excluding hydrogens is 542 g/mol. The van der Waals surface area contributed by atoms with Crippen LogP contribution in [-0.4, -0.2) is 29.0 Å². The first-order valence-electron chi connectivity index (χ1n) is 13.7. The number of anilines is 1. The van der Waals surface area contributed by atoms with Crippen LogP contribution in [0.1, 0.15) is 60.4 Å². The van der Waals surface area contributed by atoms with E-state index in [2.05, 4.69) is 42.6 Å². The molecule has 1 heterocycles. The molecule has 0 saturated heterocycles. The zero-order chi connectivity index (χ0) is 28.0. The molecule has 40 heavy (non-hydrogen) atoms. The van der Waals surface area contributed by atoms with Crippen LogP contribution in [0.2, 0.25) is 0 Å². The van der Waals surface area contributed by atoms with Gasteiger partial charge in [0, 0.05) is 21.9 Å². The highest BCUT2D eigenvalue weighted by Gasteiger charge is 2.34. The maximum atomic E-state index is 10.4. The first kappa shape index (κ1) is 31.5. The summed E-state index contributed by atoms with van der Waals surface area (Å²) in [5, 5.41) is 20.6. The fourth-order valence-corrected chi connectivity index (χ4v) is 6.08. The number of halogens is 1. The molecule has 8 heteroatoms. The molecule has 3 aromatic rings. The van der Waals surface area contributed by atoms with E-state index in [-0.39, 0.29) is 24.0 Å². The first-order chi connectivity index (χ1) is 18.6. The largest absolute Gasteiger partial charge is 0.507 e. The molecule has 0 bridgehead atoms. The Morgan fingerprint density at radius 2 is 1.85 bits per heavy atom. The average Bonchev–Trinajstić information content (AvgIpc) is 2.91. The minimum Gasteiger partial charge on any atom is -0.507 e. The van der Waals surface area contributed by atoms with Gasteiger partial charge in [0.2, 0.25) is 0 Å². The second-order valence-corrected chi connectivity index (χ2v) is 11.9. The Morgan fingerprint density at radius 3 is 2.58 bits per heavy atom. The number of phenolic OH excluding ortho intramolecular Hbond substituents is 1. The summed E-state index contributed by atoms with van der Waals surface area (Å²) in [5.74, 6) is 3.21. The molecule has 1 atom stereocenters. The molecule has 0 amide bonds. The van der Waals surface area contributed by atoms with Gasteiger partial charge in [0.25, 0.3) is 0 Å². The topological polar surface area (TPSA) is 101 Å². The Hall–Kier alpha value is -3.03. The summed E-state index contributed by atoms with van der Waals surface area (Å²) < 4.78 is 12.6. The summed E-state index contributed by atoms with van der Waals surface area (Å²) in [4.78, 5) is 1.15. The van der Waals surface area contributed by atoms with Crippen LogP contribution in [0.5, 0.6) is 17.2 Å². The second-order valence-electron chi connectivity index (χ2n) is 10.7. The van der Waals surface area contributed by atoms with E-state index in [1.54, 1.807) is 11.8 Å². The summed E-state index contributed by atoms with van der Waals surface area (Å²) in [7, 11) is 0. The predicted molar refractivity (Wildman–Crippen MR) is 169 cm³/mol. The quantitative estimate of drug-likeness (QED) is 0.0798. The fraction of sp³-hybridized carbons (Fsp3) is 0.406. The van der Waals surface area contributed by atoms with Gasteiger partial charge < -0.3 is 25.6 Å². The molecule has 0 spiro atoms. The lowest BCUT2D eigenvalue weighted by Gasteiger charge is -2.38. The van der Waals surface area contributed by atoms with Crippen molar-refractivity contribution in [3.05, 3.63) is 76.3 Å². The molecule has 6 nitrogen and oxygen atoms in total. The molecule has 4 rings (SSSR count). The van der Waals surface area contributed by atoms with Gasteiger partial charge in [-0.05, 0) is 119 Å². The average molecular weight is 584 g/mol. The molecule has 1 aliphatic rings. The number of thioether (sulfide) groups is 1. The summed E-state index contributed by atoms with van der Waals surface area (Å²) in [6, 6.07) is 16.4. The molecule has 3 aromatic carbocycles. The van der Waals surface area contributed by atoms with Gasteiger partial charge in [-0.1, -0.05) is 18.2 Å². The van der Waals surface area contributed by atoms with E-state index in [4.69, 9.17) is 20.6 Å². The Morgan fingerprint density at radius 1 is 1.10 bits per heavy atom. The Kier molecular flexibility index (Phi) is 11.1. The SMILES string of the molecule is Cc1c(C)c2c(c(C)c1O)CCC(C)(CCCCOc1ccc(CCSc3cccc(NC(=N)N)c3)cc1)O2.Cl. The summed E-state index contributed by atoms with van der Waals surface area (Å²) in [6.07, 6.45) is 5.88. The Labute approximate surface area is 249 Å². The van der Waals surface area contributed by atoms with Crippen LogP contribution >= 0.6 is 24.2 Å². The summed E-state index contributed by atoms with van der Waals surface area (Å²) in [5.41, 5.74) is 11.4. The van der Waals surface area contributed by atoms with E-state index < -0.39 is 0 Å². The van der Waals surface area contributed by atoms with Crippen molar-refractivity contribution >= 4 is 35.8 Å². The number of rotatable bonds is 11. The number of nitrogens with one attached hydrogen (secondary N) is 2. The highest BCUT2D eigenvalue weighted by Crippen LogP contribution is 2.44. The third kappa shape index (κ3) is 8.01. The van der Waals surface area contributed by atoms with Crippen molar-refractivity contribution in [1.82, 2.24) is 0 Å². The zero-order valence-electron chi connectivity index (χ0n) is 23.9.